The fourth-order valence-corrected chi connectivity index (χ4v) is 2.37. The van der Waals surface area contributed by atoms with Gasteiger partial charge >= 0.3 is 0 Å². The molecular formula is C12H18N4OS. The van der Waals surface area contributed by atoms with Crippen molar-refractivity contribution in [2.75, 3.05) is 30.9 Å². The molecule has 0 aliphatic rings. The van der Waals surface area contributed by atoms with Crippen molar-refractivity contribution in [3.63, 3.8) is 0 Å². The van der Waals surface area contributed by atoms with Gasteiger partial charge < -0.3 is 15.4 Å². The van der Waals surface area contributed by atoms with E-state index in [1.54, 1.807) is 18.4 Å². The third kappa shape index (κ3) is 3.08. The molecule has 2 N–H and O–H groups in total. The fourth-order valence-electron chi connectivity index (χ4n) is 1.58. The van der Waals surface area contributed by atoms with Crippen molar-refractivity contribution in [2.45, 2.75) is 19.9 Å². The second-order valence-electron chi connectivity index (χ2n) is 4.25. The highest BCUT2D eigenvalue weighted by atomic mass is 32.1. The average molecular weight is 266 g/mol. The molecule has 0 saturated heterocycles. The molecule has 0 aliphatic carbocycles. The Morgan fingerprint density at radius 3 is 2.94 bits per heavy atom. The monoisotopic (exact) mass is 266 g/mol. The molecule has 18 heavy (non-hydrogen) atoms. The van der Waals surface area contributed by atoms with E-state index >= 15 is 0 Å². The molecule has 0 fully saturated rings. The zero-order valence-electron chi connectivity index (χ0n) is 10.9. The molecule has 2 aromatic rings. The van der Waals surface area contributed by atoms with Gasteiger partial charge in [0.1, 0.15) is 5.82 Å². The van der Waals surface area contributed by atoms with Crippen LogP contribution in [0.1, 0.15) is 13.8 Å². The van der Waals surface area contributed by atoms with Crippen LogP contribution in [0.15, 0.2) is 11.4 Å². The smallest absolute Gasteiger partial charge is 0.225 e. The minimum absolute atomic E-state index is 0.313. The number of nitrogens with one attached hydrogen (secondary N) is 2. The first-order valence-electron chi connectivity index (χ1n) is 5.95. The van der Waals surface area contributed by atoms with Gasteiger partial charge in [0.05, 0.1) is 16.8 Å². The topological polar surface area (TPSA) is 59.1 Å². The summed E-state index contributed by atoms with van der Waals surface area (Å²) in [5, 5.41) is 8.54. The molecule has 0 aromatic carbocycles. The van der Waals surface area contributed by atoms with Crippen molar-refractivity contribution in [1.82, 2.24) is 9.97 Å². The van der Waals surface area contributed by atoms with Crippen LogP contribution >= 0.6 is 11.3 Å². The largest absolute Gasteiger partial charge is 0.383 e. The van der Waals surface area contributed by atoms with E-state index in [9.17, 15) is 0 Å². The number of hydrogen-bond acceptors (Lipinski definition) is 6. The zero-order valence-corrected chi connectivity index (χ0v) is 11.7. The molecule has 0 atom stereocenters. The van der Waals surface area contributed by atoms with Gasteiger partial charge in [-0.15, -0.1) is 11.3 Å². The van der Waals surface area contributed by atoms with E-state index in [0.29, 0.717) is 18.6 Å². The molecule has 0 unspecified atom stereocenters. The minimum atomic E-state index is 0.313. The van der Waals surface area contributed by atoms with E-state index in [1.807, 2.05) is 11.4 Å². The zero-order chi connectivity index (χ0) is 13.0. The summed E-state index contributed by atoms with van der Waals surface area (Å²) in [6.07, 6.45) is 0. The maximum atomic E-state index is 5.03. The van der Waals surface area contributed by atoms with Crippen LogP contribution in [0.2, 0.25) is 0 Å². The molecule has 0 amide bonds. The average Bonchev–Trinajstić information content (AvgIpc) is 2.76. The molecule has 2 heterocycles. The molecule has 98 valence electrons. The SMILES string of the molecule is COCCNc1nc(NC(C)C)nc2ccsc12. The molecule has 2 aromatic heterocycles. The number of hydrogen-bond donors (Lipinski definition) is 2. The van der Waals surface area contributed by atoms with Crippen LogP contribution in [-0.4, -0.2) is 36.3 Å². The Bertz CT molecular complexity index is 512. The van der Waals surface area contributed by atoms with Crippen molar-refractivity contribution in [2.24, 2.45) is 0 Å². The Kier molecular flexibility index (Phi) is 4.33. The second kappa shape index (κ2) is 5.97. The predicted molar refractivity (Wildman–Crippen MR) is 76.5 cm³/mol. The number of anilines is 2. The first-order valence-corrected chi connectivity index (χ1v) is 6.83. The molecule has 2 rings (SSSR count). The highest BCUT2D eigenvalue weighted by molar-refractivity contribution is 7.17. The van der Waals surface area contributed by atoms with Crippen LogP contribution < -0.4 is 10.6 Å². The molecule has 0 aliphatic heterocycles. The summed E-state index contributed by atoms with van der Waals surface area (Å²) in [5.41, 5.74) is 0.970. The highest BCUT2D eigenvalue weighted by Gasteiger charge is 2.09. The third-order valence-corrected chi connectivity index (χ3v) is 3.23. The Morgan fingerprint density at radius 2 is 2.22 bits per heavy atom. The Morgan fingerprint density at radius 1 is 1.39 bits per heavy atom. The van der Waals surface area contributed by atoms with Crippen molar-refractivity contribution in [3.8, 4) is 0 Å². The van der Waals surface area contributed by atoms with Crippen molar-refractivity contribution < 1.29 is 4.74 Å². The standard InChI is InChI=1S/C12H18N4OS/c1-8(2)14-12-15-9-4-7-18-10(9)11(16-12)13-5-6-17-3/h4,7-8H,5-6H2,1-3H3,(H2,13,14,15,16). The number of thiophene rings is 1. The normalized spacial score (nSPS) is 11.1. The summed E-state index contributed by atoms with van der Waals surface area (Å²) in [7, 11) is 1.69. The molecule has 0 spiro atoms. The van der Waals surface area contributed by atoms with Crippen LogP contribution in [0.5, 0.6) is 0 Å². The summed E-state index contributed by atoms with van der Waals surface area (Å²) in [5.74, 6) is 1.53. The third-order valence-electron chi connectivity index (χ3n) is 2.32. The van der Waals surface area contributed by atoms with Crippen LogP contribution in [0.3, 0.4) is 0 Å². The van der Waals surface area contributed by atoms with Gasteiger partial charge in [-0.1, -0.05) is 0 Å². The van der Waals surface area contributed by atoms with Crippen molar-refractivity contribution in [1.29, 1.82) is 0 Å². The molecule has 6 heteroatoms. The number of methoxy groups -OCH3 is 1. The van der Waals surface area contributed by atoms with E-state index in [4.69, 9.17) is 4.74 Å². The number of ether oxygens (including phenoxy) is 1. The van der Waals surface area contributed by atoms with Gasteiger partial charge in [0.15, 0.2) is 0 Å². The molecule has 0 saturated carbocycles. The Hall–Kier alpha value is -1.40. The lowest BCUT2D eigenvalue weighted by Gasteiger charge is -2.11. The lowest BCUT2D eigenvalue weighted by Crippen LogP contribution is -2.14. The van der Waals surface area contributed by atoms with E-state index < -0.39 is 0 Å². The first kappa shape index (κ1) is 13.0. The van der Waals surface area contributed by atoms with Gasteiger partial charge in [-0.25, -0.2) is 4.98 Å². The number of fused-ring (bicyclic) bond motifs is 1. The van der Waals surface area contributed by atoms with E-state index in [0.717, 1.165) is 22.6 Å². The summed E-state index contributed by atoms with van der Waals surface area (Å²) in [6.45, 7) is 5.53. The van der Waals surface area contributed by atoms with Crippen LogP contribution in [0.25, 0.3) is 10.2 Å². The van der Waals surface area contributed by atoms with Crippen LogP contribution in [0.4, 0.5) is 11.8 Å². The van der Waals surface area contributed by atoms with Crippen LogP contribution in [0, 0.1) is 0 Å². The lowest BCUT2D eigenvalue weighted by molar-refractivity contribution is 0.210. The maximum Gasteiger partial charge on any atom is 0.225 e. The lowest BCUT2D eigenvalue weighted by atomic mass is 10.4. The Balaban J connectivity index is 2.26. The van der Waals surface area contributed by atoms with Crippen molar-refractivity contribution in [3.05, 3.63) is 11.4 Å². The van der Waals surface area contributed by atoms with Crippen LogP contribution in [-0.2, 0) is 4.74 Å². The van der Waals surface area contributed by atoms with E-state index in [1.165, 1.54) is 0 Å². The number of rotatable bonds is 6. The number of nitrogens with zero attached hydrogens (tertiary/aromatic N) is 2. The molecule has 0 radical (unpaired) electrons. The van der Waals surface area contributed by atoms with Gasteiger partial charge in [0.25, 0.3) is 0 Å². The predicted octanol–water partition coefficient (Wildman–Crippen LogP) is 2.57. The van der Waals surface area contributed by atoms with E-state index in [-0.39, 0.29) is 0 Å². The van der Waals surface area contributed by atoms with Gasteiger partial charge in [0, 0.05) is 19.7 Å². The van der Waals surface area contributed by atoms with E-state index in [2.05, 4.69) is 34.4 Å². The molecule has 5 nitrogen and oxygen atoms in total. The molecular weight excluding hydrogens is 248 g/mol. The molecule has 0 bridgehead atoms. The summed E-state index contributed by atoms with van der Waals surface area (Å²) >= 11 is 1.64. The highest BCUT2D eigenvalue weighted by Crippen LogP contribution is 2.27. The first-order chi connectivity index (χ1) is 8.70. The minimum Gasteiger partial charge on any atom is -0.383 e. The summed E-state index contributed by atoms with van der Waals surface area (Å²) in [4.78, 5) is 8.99. The van der Waals surface area contributed by atoms with Gasteiger partial charge in [0.2, 0.25) is 5.95 Å². The van der Waals surface area contributed by atoms with Gasteiger partial charge in [-0.3, -0.25) is 0 Å². The second-order valence-corrected chi connectivity index (χ2v) is 5.17. The van der Waals surface area contributed by atoms with Gasteiger partial charge in [-0.05, 0) is 25.3 Å². The number of aromatic nitrogens is 2. The maximum absolute atomic E-state index is 5.03. The van der Waals surface area contributed by atoms with Crippen molar-refractivity contribution >= 4 is 33.3 Å². The quantitative estimate of drug-likeness (QED) is 0.787. The van der Waals surface area contributed by atoms with Gasteiger partial charge in [-0.2, -0.15) is 4.98 Å². The summed E-state index contributed by atoms with van der Waals surface area (Å²) in [6, 6.07) is 2.32. The summed E-state index contributed by atoms with van der Waals surface area (Å²) < 4.78 is 6.12. The fraction of sp³-hybridized carbons (Fsp3) is 0.500. The Labute approximate surface area is 111 Å².